The van der Waals surface area contributed by atoms with Gasteiger partial charge in [0.2, 0.25) is 0 Å². The molecule has 0 saturated carbocycles. The first-order valence-corrected chi connectivity index (χ1v) is 6.48. The Morgan fingerprint density at radius 1 is 1.25 bits per heavy atom. The largest absolute Gasteiger partial charge is 0.760 e. The summed E-state index contributed by atoms with van der Waals surface area (Å²) in [4.78, 5) is 2.28. The number of piperidine rings is 1. The van der Waals surface area contributed by atoms with Crippen molar-refractivity contribution >= 4 is 17.0 Å². The molecule has 1 atom stereocenters. The highest BCUT2D eigenvalue weighted by Gasteiger charge is 2.18. The van der Waals surface area contributed by atoms with E-state index in [1.54, 1.807) is 0 Å². The van der Waals surface area contributed by atoms with Crippen molar-refractivity contribution < 1.29 is 8.76 Å². The van der Waals surface area contributed by atoms with Crippen LogP contribution in [-0.2, 0) is 11.3 Å². The second kappa shape index (κ2) is 5.43. The maximum absolute atomic E-state index is 10.5. The Balaban J connectivity index is 1.88. The summed E-state index contributed by atoms with van der Waals surface area (Å²) in [6, 6.07) is 10.3. The van der Waals surface area contributed by atoms with Gasteiger partial charge >= 0.3 is 0 Å². The Hall–Kier alpha value is -0.910. The second-order valence-corrected chi connectivity index (χ2v) is 4.65. The van der Waals surface area contributed by atoms with E-state index in [9.17, 15) is 8.76 Å². The minimum atomic E-state index is -2.14. The Kier molecular flexibility index (Phi) is 3.93. The van der Waals surface area contributed by atoms with Gasteiger partial charge in [-0.1, -0.05) is 18.2 Å². The van der Waals surface area contributed by atoms with Crippen molar-refractivity contribution in [3.8, 4) is 0 Å². The lowest BCUT2D eigenvalue weighted by Crippen LogP contribution is -2.43. The van der Waals surface area contributed by atoms with E-state index in [2.05, 4.69) is 21.8 Å². The molecule has 16 heavy (non-hydrogen) atoms. The fourth-order valence-electron chi connectivity index (χ4n) is 2.03. The Morgan fingerprint density at radius 2 is 1.88 bits per heavy atom. The van der Waals surface area contributed by atoms with Crippen LogP contribution in [0.5, 0.6) is 0 Å². The highest BCUT2D eigenvalue weighted by molar-refractivity contribution is 7.77. The van der Waals surface area contributed by atoms with Gasteiger partial charge < -0.3 is 9.45 Å². The lowest BCUT2D eigenvalue weighted by Gasteiger charge is -2.34. The number of anilines is 1. The van der Waals surface area contributed by atoms with E-state index in [0.29, 0.717) is 0 Å². The van der Waals surface area contributed by atoms with Crippen molar-refractivity contribution in [3.05, 3.63) is 30.3 Å². The van der Waals surface area contributed by atoms with Gasteiger partial charge in [-0.2, -0.15) is 0 Å². The van der Waals surface area contributed by atoms with Gasteiger partial charge in [-0.3, -0.25) is 4.21 Å². The van der Waals surface area contributed by atoms with Crippen LogP contribution in [0.3, 0.4) is 0 Å². The average molecular weight is 239 g/mol. The molecule has 0 aliphatic carbocycles. The first kappa shape index (κ1) is 11.6. The first-order chi connectivity index (χ1) is 7.75. The summed E-state index contributed by atoms with van der Waals surface area (Å²) in [6.07, 6.45) is 1.73. The van der Waals surface area contributed by atoms with Crippen LogP contribution in [0.2, 0.25) is 0 Å². The molecule has 0 amide bonds. The van der Waals surface area contributed by atoms with Crippen LogP contribution in [0.15, 0.2) is 30.3 Å². The maximum Gasteiger partial charge on any atom is 0.0366 e. The fourth-order valence-corrected chi connectivity index (χ4v) is 2.54. The molecule has 1 aromatic carbocycles. The molecule has 1 aromatic rings. The minimum absolute atomic E-state index is 0.0956. The molecule has 88 valence electrons. The van der Waals surface area contributed by atoms with Gasteiger partial charge in [0.25, 0.3) is 0 Å². The van der Waals surface area contributed by atoms with Gasteiger partial charge in [-0.15, -0.1) is 0 Å². The zero-order valence-electron chi connectivity index (χ0n) is 8.96. The minimum Gasteiger partial charge on any atom is -0.760 e. The van der Waals surface area contributed by atoms with Crippen LogP contribution in [0.25, 0.3) is 0 Å². The number of nitrogens with one attached hydrogen (secondary N) is 1. The van der Waals surface area contributed by atoms with E-state index >= 15 is 0 Å². The summed E-state index contributed by atoms with van der Waals surface area (Å²) in [5, 5.41) is 0. The van der Waals surface area contributed by atoms with Crippen LogP contribution < -0.4 is 9.62 Å². The molecule has 1 fully saturated rings. The zero-order valence-corrected chi connectivity index (χ0v) is 9.78. The monoisotopic (exact) mass is 239 g/mol. The van der Waals surface area contributed by atoms with Crippen LogP contribution in [0.1, 0.15) is 12.8 Å². The Morgan fingerprint density at radius 3 is 2.44 bits per heavy atom. The molecule has 0 radical (unpaired) electrons. The second-order valence-electron chi connectivity index (χ2n) is 3.95. The van der Waals surface area contributed by atoms with Gasteiger partial charge in [0.05, 0.1) is 0 Å². The fraction of sp³-hybridized carbons (Fsp3) is 0.455. The summed E-state index contributed by atoms with van der Waals surface area (Å²) in [5.41, 5.74) is 1.21. The number of hydrogen-bond acceptors (Lipinski definition) is 3. The van der Waals surface area contributed by atoms with Crippen molar-refractivity contribution in [1.29, 1.82) is 0 Å². The molecule has 1 saturated heterocycles. The van der Waals surface area contributed by atoms with Gasteiger partial charge in [-0.05, 0) is 25.0 Å². The van der Waals surface area contributed by atoms with E-state index in [1.165, 1.54) is 5.69 Å². The first-order valence-electron chi connectivity index (χ1n) is 5.41. The van der Waals surface area contributed by atoms with Crippen LogP contribution in [0.4, 0.5) is 5.69 Å². The highest BCUT2D eigenvalue weighted by atomic mass is 32.2. The standard InChI is InChI=1S/C11H16N2O2S/c14-16(15)12-10-6-8-13(9-7-10)11-4-2-1-3-5-11/h1-5,10,12H,6-9H2,(H,14,15)/p-1. The van der Waals surface area contributed by atoms with Crippen molar-refractivity contribution in [2.45, 2.75) is 18.9 Å². The van der Waals surface area contributed by atoms with E-state index in [-0.39, 0.29) is 6.04 Å². The predicted molar refractivity (Wildman–Crippen MR) is 63.7 cm³/mol. The van der Waals surface area contributed by atoms with E-state index in [4.69, 9.17) is 0 Å². The van der Waals surface area contributed by atoms with E-state index in [1.807, 2.05) is 18.2 Å². The Bertz CT molecular complexity index is 350. The molecule has 0 bridgehead atoms. The van der Waals surface area contributed by atoms with E-state index in [0.717, 1.165) is 25.9 Å². The number of hydrogen-bond donors (Lipinski definition) is 1. The summed E-state index contributed by atoms with van der Waals surface area (Å²) in [6.45, 7) is 1.80. The zero-order chi connectivity index (χ0) is 11.4. The maximum atomic E-state index is 10.5. The van der Waals surface area contributed by atoms with Crippen LogP contribution in [-0.4, -0.2) is 27.9 Å². The molecule has 1 unspecified atom stereocenters. The molecule has 0 spiro atoms. The lowest BCUT2D eigenvalue weighted by atomic mass is 10.1. The molecule has 0 aromatic heterocycles. The van der Waals surface area contributed by atoms with Gasteiger partial charge in [-0.25, -0.2) is 4.72 Å². The van der Waals surface area contributed by atoms with Crippen LogP contribution in [0, 0.1) is 0 Å². The third-order valence-corrected chi connectivity index (χ3v) is 3.40. The van der Waals surface area contributed by atoms with Crippen molar-refractivity contribution in [3.63, 3.8) is 0 Å². The molecule has 1 aliphatic heterocycles. The summed E-state index contributed by atoms with van der Waals surface area (Å²) >= 11 is -2.14. The third-order valence-electron chi connectivity index (χ3n) is 2.88. The third kappa shape index (κ3) is 3.04. The number of benzene rings is 1. The molecular weight excluding hydrogens is 224 g/mol. The lowest BCUT2D eigenvalue weighted by molar-refractivity contribution is 0.446. The van der Waals surface area contributed by atoms with Crippen molar-refractivity contribution in [1.82, 2.24) is 4.72 Å². The molecule has 1 aliphatic rings. The molecule has 5 heteroatoms. The molecule has 1 heterocycles. The topological polar surface area (TPSA) is 55.4 Å². The number of para-hydroxylation sites is 1. The summed E-state index contributed by atoms with van der Waals surface area (Å²) in [5.74, 6) is 0. The summed E-state index contributed by atoms with van der Waals surface area (Å²) < 4.78 is 23.5. The predicted octanol–water partition coefficient (Wildman–Crippen LogP) is 1.04. The Labute approximate surface area is 98.1 Å². The van der Waals surface area contributed by atoms with Gasteiger partial charge in [0, 0.05) is 36.1 Å². The van der Waals surface area contributed by atoms with Crippen LogP contribution >= 0.6 is 0 Å². The highest BCUT2D eigenvalue weighted by Crippen LogP contribution is 2.19. The number of nitrogens with zero attached hydrogens (tertiary/aromatic N) is 1. The van der Waals surface area contributed by atoms with Crippen molar-refractivity contribution in [2.24, 2.45) is 0 Å². The molecular formula is C11H15N2O2S-. The van der Waals surface area contributed by atoms with Crippen molar-refractivity contribution in [2.75, 3.05) is 18.0 Å². The number of rotatable bonds is 3. The normalized spacial score (nSPS) is 19.7. The van der Waals surface area contributed by atoms with Gasteiger partial charge in [0.1, 0.15) is 0 Å². The smallest absolute Gasteiger partial charge is 0.0366 e. The van der Waals surface area contributed by atoms with Gasteiger partial charge in [0.15, 0.2) is 0 Å². The molecule has 1 N–H and O–H groups in total. The quantitative estimate of drug-likeness (QED) is 0.802. The van der Waals surface area contributed by atoms with E-state index < -0.39 is 11.3 Å². The molecule has 2 rings (SSSR count). The average Bonchev–Trinajstić information content (AvgIpc) is 2.30. The summed E-state index contributed by atoms with van der Waals surface area (Å²) in [7, 11) is 0. The molecule has 4 nitrogen and oxygen atoms in total. The SMILES string of the molecule is O=S([O-])NC1CCN(c2ccccc2)CC1.